The van der Waals surface area contributed by atoms with Crippen molar-refractivity contribution in [3.63, 3.8) is 0 Å². The highest BCUT2D eigenvalue weighted by Crippen LogP contribution is 2.42. The van der Waals surface area contributed by atoms with Gasteiger partial charge in [0.05, 0.1) is 5.84 Å². The Kier molecular flexibility index (Phi) is 30.9. The molecule has 16 nitrogen and oxygen atoms in total. The van der Waals surface area contributed by atoms with Crippen LogP contribution >= 0.6 is 0 Å². The molecule has 2 aliphatic carbocycles. The number of likely N-dealkylation sites (N-methyl/N-ethyl adjacent to an activating group) is 2. The van der Waals surface area contributed by atoms with Crippen LogP contribution in [0.15, 0.2) is 70.1 Å². The average Bonchev–Trinajstić information content (AvgIpc) is 2.57. The summed E-state index contributed by atoms with van der Waals surface area (Å²) in [6.07, 6.45) is 41.9. The van der Waals surface area contributed by atoms with Gasteiger partial charge < -0.3 is 44.5 Å². The minimum atomic E-state index is 0.772. The van der Waals surface area contributed by atoms with E-state index in [1.807, 2.05) is 49.3 Å². The molecule has 2 aromatic rings. The lowest BCUT2D eigenvalue weighted by Gasteiger charge is -2.57. The van der Waals surface area contributed by atoms with Crippen molar-refractivity contribution in [2.75, 3.05) is 167 Å². The van der Waals surface area contributed by atoms with Crippen LogP contribution in [0.2, 0.25) is 0 Å². The Morgan fingerprint density at radius 2 is 0.965 bits per heavy atom. The van der Waals surface area contributed by atoms with Gasteiger partial charge in [0, 0.05) is 173 Å². The van der Waals surface area contributed by atoms with Gasteiger partial charge in [-0.25, -0.2) is 0 Å². The Morgan fingerprint density at radius 3 is 1.51 bits per heavy atom. The van der Waals surface area contributed by atoms with Crippen molar-refractivity contribution in [2.24, 2.45) is 26.8 Å². The number of pyridine rings is 2. The fourth-order valence-electron chi connectivity index (χ4n) is 15.4. The lowest BCUT2D eigenvalue weighted by atomic mass is 9.71. The molecule has 6 atom stereocenters. The molecular formula is C69H124N16. The summed E-state index contributed by atoms with van der Waals surface area (Å²) in [6, 6.07) is 14.0. The normalized spacial score (nSPS) is 27.3. The number of guanidine groups is 2. The van der Waals surface area contributed by atoms with Crippen molar-refractivity contribution in [2.45, 2.75) is 191 Å². The summed E-state index contributed by atoms with van der Waals surface area (Å²) >= 11 is 0. The number of nitrogens with one attached hydrogen (secondary N) is 1. The van der Waals surface area contributed by atoms with Crippen LogP contribution in [-0.4, -0.2) is 264 Å². The third-order valence-electron chi connectivity index (χ3n) is 20.0. The number of rotatable bonds is 4. The molecule has 0 aromatic carbocycles. The summed E-state index contributed by atoms with van der Waals surface area (Å²) in [4.78, 5) is 45.5. The summed E-state index contributed by atoms with van der Waals surface area (Å²) in [5, 5.41) is 3.30. The molecule has 1 N–H and O–H groups in total. The number of piperidine rings is 4. The van der Waals surface area contributed by atoms with Crippen LogP contribution < -0.4 is 10.2 Å². The predicted octanol–water partition coefficient (Wildman–Crippen LogP) is 9.97. The van der Waals surface area contributed by atoms with Crippen molar-refractivity contribution in [1.82, 2.24) is 59.4 Å². The quantitative estimate of drug-likeness (QED) is 0.314. The number of fused-ring (bicyclic) bond motifs is 9. The van der Waals surface area contributed by atoms with Crippen LogP contribution in [0.4, 0.5) is 5.69 Å². The molecule has 0 spiro atoms. The van der Waals surface area contributed by atoms with E-state index in [1.165, 1.54) is 244 Å². The van der Waals surface area contributed by atoms with E-state index in [0.29, 0.717) is 0 Å². The van der Waals surface area contributed by atoms with Crippen LogP contribution in [0, 0.1) is 11.8 Å². The van der Waals surface area contributed by atoms with Gasteiger partial charge in [0.2, 0.25) is 0 Å². The third-order valence-corrected chi connectivity index (χ3v) is 20.0. The Labute approximate surface area is 519 Å². The van der Waals surface area contributed by atoms with Gasteiger partial charge in [-0.1, -0.05) is 57.4 Å². The summed E-state index contributed by atoms with van der Waals surface area (Å²) in [5.41, 5.74) is 1.19. The molecule has 480 valence electrons. The van der Waals surface area contributed by atoms with Gasteiger partial charge in [-0.05, 0) is 194 Å². The van der Waals surface area contributed by atoms with E-state index in [2.05, 4.69) is 124 Å². The first-order chi connectivity index (χ1) is 41.5. The largest absolute Gasteiger partial charge is 0.378 e. The van der Waals surface area contributed by atoms with E-state index in [-0.39, 0.29) is 0 Å². The van der Waals surface area contributed by atoms with Gasteiger partial charge in [-0.2, -0.15) is 0 Å². The van der Waals surface area contributed by atoms with Crippen molar-refractivity contribution >= 4 is 23.4 Å². The molecule has 0 radical (unpaired) electrons. The second-order valence-corrected chi connectivity index (χ2v) is 27.2. The Hall–Kier alpha value is -4.09. The first-order valence-electron chi connectivity index (χ1n) is 34.7. The molecule has 7 saturated heterocycles. The Morgan fingerprint density at radius 1 is 0.447 bits per heavy atom. The Balaban J connectivity index is 0.000000141. The number of anilines is 1. The summed E-state index contributed by atoms with van der Waals surface area (Å²) in [5.74, 6) is 5.79. The van der Waals surface area contributed by atoms with E-state index in [4.69, 9.17) is 0 Å². The molecule has 2 saturated carbocycles. The second kappa shape index (κ2) is 38.3. The average molecular weight is 1180 g/mol. The summed E-state index contributed by atoms with van der Waals surface area (Å²) in [6.45, 7) is 18.4. The first-order valence-corrected chi connectivity index (χ1v) is 34.7. The zero-order chi connectivity index (χ0) is 60.0. The maximum absolute atomic E-state index is 4.55. The molecule has 16 heteroatoms. The fraction of sp³-hybridized carbons (Fsp3) is 0.812. The van der Waals surface area contributed by atoms with Gasteiger partial charge in [0.25, 0.3) is 0 Å². The van der Waals surface area contributed by atoms with Crippen molar-refractivity contribution in [3.05, 3.63) is 55.1 Å². The van der Waals surface area contributed by atoms with Crippen LogP contribution in [0.5, 0.6) is 0 Å². The molecule has 2 bridgehead atoms. The van der Waals surface area contributed by atoms with Crippen molar-refractivity contribution in [1.29, 1.82) is 0 Å². The van der Waals surface area contributed by atoms with Gasteiger partial charge in [-0.15, -0.1) is 0 Å². The zero-order valence-electron chi connectivity index (χ0n) is 55.7. The molecule has 0 amide bonds. The van der Waals surface area contributed by atoms with Gasteiger partial charge in [-0.3, -0.25) is 34.7 Å². The van der Waals surface area contributed by atoms with E-state index >= 15 is 0 Å². The summed E-state index contributed by atoms with van der Waals surface area (Å²) < 4.78 is 0. The number of hydrogen-bond donors (Lipinski definition) is 1. The number of aliphatic imine (C=N–C) groups is 3. The van der Waals surface area contributed by atoms with Crippen LogP contribution in [-0.2, 0) is 0 Å². The van der Waals surface area contributed by atoms with E-state index < -0.39 is 0 Å². The molecule has 14 rings (SSSR count). The number of aromatic nitrogens is 2. The molecule has 1 unspecified atom stereocenters. The van der Waals surface area contributed by atoms with E-state index in [1.54, 1.807) is 31.2 Å². The number of nitrogens with zero attached hydrogens (tertiary/aromatic N) is 15. The maximum atomic E-state index is 4.55. The van der Waals surface area contributed by atoms with Crippen molar-refractivity contribution < 1.29 is 0 Å². The molecule has 9 fully saturated rings. The highest BCUT2D eigenvalue weighted by atomic mass is 15.4. The third kappa shape index (κ3) is 23.1. The summed E-state index contributed by atoms with van der Waals surface area (Å²) in [7, 11) is 19.3. The van der Waals surface area contributed by atoms with E-state index in [0.717, 1.165) is 74.2 Å². The topological polar surface area (TPSA) is 107 Å². The molecule has 85 heavy (non-hydrogen) atoms. The first kappa shape index (κ1) is 68.4. The fourth-order valence-corrected chi connectivity index (χ4v) is 15.4. The monoisotopic (exact) mass is 1180 g/mol. The van der Waals surface area contributed by atoms with Gasteiger partial charge in [0.1, 0.15) is 0 Å². The molecule has 12 heterocycles. The van der Waals surface area contributed by atoms with Gasteiger partial charge in [0.15, 0.2) is 11.9 Å². The minimum Gasteiger partial charge on any atom is -0.378 e. The molecule has 10 aliphatic heterocycles. The van der Waals surface area contributed by atoms with Crippen molar-refractivity contribution in [3.8, 4) is 0 Å². The predicted molar refractivity (Wildman–Crippen MR) is 361 cm³/mol. The van der Waals surface area contributed by atoms with Crippen LogP contribution in [0.25, 0.3) is 0 Å². The smallest absolute Gasteiger partial charge is 0.196 e. The lowest BCUT2D eigenvalue weighted by Crippen LogP contribution is -2.63. The Bertz CT molecular complexity index is 2080. The lowest BCUT2D eigenvalue weighted by molar-refractivity contribution is -0.0718. The van der Waals surface area contributed by atoms with E-state index in [9.17, 15) is 0 Å². The standard InChI is InChI=1S/C15H26N2.C10H22N2.C9H16N2.C8H15N3.C8H17N.C7H13N3.C7H10N2.C5H5N/c1-3-7-16-11-13-9-12(14(16)5-1)10-17-8-4-2-6-15(13)17;1-11(2)9-7-5-6-8-10(9)12(3)4;1-2-5-9-10-6-4-8-11(9)7-3-1;1-10-5-3-7-11-6-2-4-9-8(10)11;1-9(2)8-6-4-3-5-7-8;1-3-8-7-9-4-2-6-10(7)5-1;1-9(2)7-3-5-8-6-4-7;1-2-4-6-5-3-1/h12-15H,1-11H2;9-10H,5-8H2,1-4H3;1-8H2;2-7H2,1H3;8H,3-7H2,1-2H3;1-6H2,(H,8,9);3-6H,1-2H3;1-5H/t12-,13-,14-,15+;9-,10?;;;;;;/m10....../s1. The second-order valence-electron chi connectivity index (χ2n) is 27.2. The highest BCUT2D eigenvalue weighted by Gasteiger charge is 2.46. The van der Waals surface area contributed by atoms with Gasteiger partial charge >= 0.3 is 0 Å². The number of hydrogen-bond acceptors (Lipinski definition) is 16. The number of amidine groups is 1. The SMILES string of the molecule is C1CCC2=NCCCN2CC1.C1CCN2C[C@H]3C[C@H](CN4CCCC[C@@H]34)[C@H]2C1.C1CN=C2NCCCN2C1.CN(C)C1CCCCC1.CN(C)C1CCCC[C@@H]1N(C)C.CN(C)c1ccncc1.CN1CCCN2CCCN=C12.c1ccncc1. The molecule has 2 aromatic heterocycles. The molecular weight excluding hydrogens is 1050 g/mol. The van der Waals surface area contributed by atoms with Crippen LogP contribution in [0.3, 0.4) is 0 Å². The zero-order valence-corrected chi connectivity index (χ0v) is 55.7. The highest BCUT2D eigenvalue weighted by molar-refractivity contribution is 5.83. The van der Waals surface area contributed by atoms with Crippen LogP contribution in [0.1, 0.15) is 161 Å². The maximum Gasteiger partial charge on any atom is 0.196 e. The molecule has 12 aliphatic rings. The minimum absolute atomic E-state index is 0.772.